The lowest BCUT2D eigenvalue weighted by molar-refractivity contribution is 0.953. The number of hydrogen-bond acceptors (Lipinski definition) is 4. The largest absolute Gasteiger partial charge is 0.278 e. The van der Waals surface area contributed by atoms with Gasteiger partial charge in [0.15, 0.2) is 11.6 Å². The van der Waals surface area contributed by atoms with Crippen molar-refractivity contribution in [2.45, 2.75) is 0 Å². The molecule has 0 N–H and O–H groups in total. The van der Waals surface area contributed by atoms with Crippen LogP contribution in [0.1, 0.15) is 0 Å². The maximum Gasteiger partial charge on any atom is 0.238 e. The fraction of sp³-hybridized carbons (Fsp3) is 0. The average Bonchev–Trinajstić information content (AvgIpc) is 3.83. The molecule has 8 aromatic carbocycles. The van der Waals surface area contributed by atoms with Crippen molar-refractivity contribution in [2.24, 2.45) is 0 Å². The molecule has 0 aliphatic heterocycles. The van der Waals surface area contributed by atoms with Gasteiger partial charge in [-0.2, -0.15) is 9.97 Å². The van der Waals surface area contributed by atoms with Crippen LogP contribution in [0.4, 0.5) is 0 Å². The third-order valence-electron chi connectivity index (χ3n) is 10.7. The van der Waals surface area contributed by atoms with Crippen LogP contribution in [0.3, 0.4) is 0 Å². The first-order valence-corrected chi connectivity index (χ1v) is 19.6. The summed E-state index contributed by atoms with van der Waals surface area (Å²) in [7, 11) is 0. The summed E-state index contributed by atoms with van der Waals surface area (Å²) in [5, 5.41) is 4.87. The maximum absolute atomic E-state index is 5.30. The Labute approximate surface area is 327 Å². The topological polar surface area (TPSA) is 43.6 Å². The van der Waals surface area contributed by atoms with E-state index in [9.17, 15) is 0 Å². The van der Waals surface area contributed by atoms with Gasteiger partial charge >= 0.3 is 0 Å². The van der Waals surface area contributed by atoms with E-state index in [1.807, 2.05) is 23.5 Å². The maximum atomic E-state index is 5.30. The third-order valence-corrected chi connectivity index (χ3v) is 11.8. The zero-order valence-corrected chi connectivity index (χ0v) is 31.0. The molecule has 0 spiro atoms. The van der Waals surface area contributed by atoms with Crippen LogP contribution in [0.15, 0.2) is 194 Å². The molecule has 262 valence electrons. The van der Waals surface area contributed by atoms with Crippen LogP contribution < -0.4 is 0 Å². The van der Waals surface area contributed by atoms with E-state index in [1.54, 1.807) is 0 Å². The molecule has 0 atom stereocenters. The number of para-hydroxylation sites is 1. The second-order valence-electron chi connectivity index (χ2n) is 14.0. The van der Waals surface area contributed by atoms with E-state index in [0.29, 0.717) is 17.6 Å². The molecule has 3 aromatic heterocycles. The molecule has 0 bridgehead atoms. The number of fused-ring (bicyclic) bond motifs is 6. The molecular weight excluding hydrogens is 701 g/mol. The minimum absolute atomic E-state index is 0.574. The Balaban J connectivity index is 1.14. The van der Waals surface area contributed by atoms with Gasteiger partial charge in [-0.1, -0.05) is 164 Å². The Morgan fingerprint density at radius 3 is 1.70 bits per heavy atom. The van der Waals surface area contributed by atoms with Gasteiger partial charge in [0.05, 0.1) is 11.0 Å². The second-order valence-corrected chi connectivity index (χ2v) is 15.1. The summed E-state index contributed by atoms with van der Waals surface area (Å²) in [6, 6.07) is 68.6. The lowest BCUT2D eigenvalue weighted by atomic mass is 9.98. The molecule has 0 fully saturated rings. The fourth-order valence-electron chi connectivity index (χ4n) is 8.00. The van der Waals surface area contributed by atoms with Crippen LogP contribution in [0.2, 0.25) is 0 Å². The van der Waals surface area contributed by atoms with Crippen LogP contribution in [0.25, 0.3) is 104 Å². The van der Waals surface area contributed by atoms with Crippen molar-refractivity contribution in [1.29, 1.82) is 0 Å². The predicted molar refractivity (Wildman–Crippen MR) is 234 cm³/mol. The van der Waals surface area contributed by atoms with Gasteiger partial charge < -0.3 is 0 Å². The Morgan fingerprint density at radius 2 is 0.893 bits per heavy atom. The molecule has 11 aromatic rings. The zero-order chi connectivity index (χ0) is 37.0. The van der Waals surface area contributed by atoms with Crippen molar-refractivity contribution in [3.8, 4) is 62.1 Å². The molecule has 0 radical (unpaired) electrons. The second kappa shape index (κ2) is 13.3. The highest BCUT2D eigenvalue weighted by molar-refractivity contribution is 7.25. The summed E-state index contributed by atoms with van der Waals surface area (Å²) >= 11 is 1.84. The van der Waals surface area contributed by atoms with Gasteiger partial charge in [-0.25, -0.2) is 4.98 Å². The van der Waals surface area contributed by atoms with Gasteiger partial charge in [0, 0.05) is 42.1 Å². The van der Waals surface area contributed by atoms with Crippen LogP contribution in [0.5, 0.6) is 0 Å². The molecule has 0 unspecified atom stereocenters. The molecule has 11 rings (SSSR count). The number of benzene rings is 8. The summed E-state index contributed by atoms with van der Waals surface area (Å²) in [5.41, 5.74) is 10.9. The van der Waals surface area contributed by atoms with E-state index >= 15 is 0 Å². The van der Waals surface area contributed by atoms with Crippen molar-refractivity contribution in [3.63, 3.8) is 0 Å². The summed E-state index contributed by atoms with van der Waals surface area (Å²) < 4.78 is 4.80. The highest BCUT2D eigenvalue weighted by Gasteiger charge is 2.20. The molecule has 0 saturated heterocycles. The molecule has 4 nitrogen and oxygen atoms in total. The van der Waals surface area contributed by atoms with Crippen LogP contribution in [-0.4, -0.2) is 19.5 Å². The van der Waals surface area contributed by atoms with E-state index < -0.39 is 0 Å². The van der Waals surface area contributed by atoms with E-state index in [1.165, 1.54) is 31.3 Å². The molecule has 0 aliphatic rings. The SMILES string of the molecule is c1ccc(-c2ccc(-c3nc(-c4cccc(-c5ccccc5)c4)nc(-n4c5ccccc5c5ccc(-c6cccc7sc8ccccc8c67)cc54)n3)cc2)cc1. The van der Waals surface area contributed by atoms with Gasteiger partial charge in [-0.15, -0.1) is 11.3 Å². The molecule has 5 heteroatoms. The predicted octanol–water partition coefficient (Wildman–Crippen LogP) is 13.7. The molecular formula is C51H32N4S. The molecule has 3 heterocycles. The first-order chi connectivity index (χ1) is 27.7. The van der Waals surface area contributed by atoms with E-state index in [-0.39, 0.29) is 0 Å². The third kappa shape index (κ3) is 5.48. The van der Waals surface area contributed by atoms with Gasteiger partial charge in [0.1, 0.15) is 0 Å². The fourth-order valence-corrected chi connectivity index (χ4v) is 9.13. The van der Waals surface area contributed by atoms with Crippen molar-refractivity contribution in [2.75, 3.05) is 0 Å². The first kappa shape index (κ1) is 32.2. The van der Waals surface area contributed by atoms with Gasteiger partial charge in [-0.05, 0) is 63.7 Å². The summed E-state index contributed by atoms with van der Waals surface area (Å²) in [6.07, 6.45) is 0. The first-order valence-electron chi connectivity index (χ1n) is 18.8. The molecule has 0 amide bonds. The average molecular weight is 733 g/mol. The van der Waals surface area contributed by atoms with E-state index in [2.05, 4.69) is 187 Å². The highest BCUT2D eigenvalue weighted by Crippen LogP contribution is 2.42. The number of hydrogen-bond donors (Lipinski definition) is 0. The minimum atomic E-state index is 0.574. The highest BCUT2D eigenvalue weighted by atomic mass is 32.1. The van der Waals surface area contributed by atoms with Gasteiger partial charge in [0.2, 0.25) is 5.95 Å². The quantitative estimate of drug-likeness (QED) is 0.171. The van der Waals surface area contributed by atoms with Crippen LogP contribution in [-0.2, 0) is 0 Å². The van der Waals surface area contributed by atoms with Gasteiger partial charge in [-0.3, -0.25) is 4.57 Å². The number of aromatic nitrogens is 4. The van der Waals surface area contributed by atoms with Crippen molar-refractivity contribution in [1.82, 2.24) is 19.5 Å². The smallest absolute Gasteiger partial charge is 0.238 e. The number of thiophene rings is 1. The summed E-state index contributed by atoms with van der Waals surface area (Å²) in [5.74, 6) is 1.81. The monoisotopic (exact) mass is 732 g/mol. The van der Waals surface area contributed by atoms with Crippen molar-refractivity contribution >= 4 is 53.3 Å². The van der Waals surface area contributed by atoms with Crippen LogP contribution >= 0.6 is 11.3 Å². The Bertz CT molecular complexity index is 3240. The Kier molecular flexibility index (Phi) is 7.64. The van der Waals surface area contributed by atoms with E-state index in [4.69, 9.17) is 15.0 Å². The van der Waals surface area contributed by atoms with E-state index in [0.717, 1.165) is 55.2 Å². The number of rotatable bonds is 6. The minimum Gasteiger partial charge on any atom is -0.278 e. The molecule has 56 heavy (non-hydrogen) atoms. The number of nitrogens with zero attached hydrogens (tertiary/aromatic N) is 4. The standard InChI is InChI=1S/C51H32N4S/c1-3-13-33(14-4-1)35-25-27-36(28-26-35)49-52-50(39-18-11-17-37(31-39)34-15-5-2-6-16-34)54-51(53-49)55-44-22-9-7-19-41(44)42-30-29-38(32-45(42)55)40-21-12-24-47-48(40)43-20-8-10-23-46(43)56-47/h1-32H. The lowest BCUT2D eigenvalue weighted by Gasteiger charge is -2.12. The summed E-state index contributed by atoms with van der Waals surface area (Å²) in [4.78, 5) is 15.8. The van der Waals surface area contributed by atoms with Crippen molar-refractivity contribution < 1.29 is 0 Å². The lowest BCUT2D eigenvalue weighted by Crippen LogP contribution is -2.06. The normalized spacial score (nSPS) is 11.6. The Hall–Kier alpha value is -7.21. The molecule has 0 saturated carbocycles. The van der Waals surface area contributed by atoms with Crippen LogP contribution in [0, 0.1) is 0 Å². The Morgan fingerprint density at radius 1 is 0.339 bits per heavy atom. The summed E-state index contributed by atoms with van der Waals surface area (Å²) in [6.45, 7) is 0. The molecule has 0 aliphatic carbocycles. The van der Waals surface area contributed by atoms with Gasteiger partial charge in [0.25, 0.3) is 0 Å². The zero-order valence-electron chi connectivity index (χ0n) is 30.2. The van der Waals surface area contributed by atoms with Crippen molar-refractivity contribution in [3.05, 3.63) is 194 Å².